The van der Waals surface area contributed by atoms with E-state index in [4.69, 9.17) is 11.6 Å². The van der Waals surface area contributed by atoms with Crippen molar-refractivity contribution in [3.8, 4) is 0 Å². The van der Waals surface area contributed by atoms with Gasteiger partial charge in [0.1, 0.15) is 5.56 Å². The lowest BCUT2D eigenvalue weighted by Crippen LogP contribution is -2.31. The second-order valence-corrected chi connectivity index (χ2v) is 5.89. The minimum atomic E-state index is -0.994. The van der Waals surface area contributed by atoms with E-state index in [2.05, 4.69) is 17.9 Å². The molecule has 0 bridgehead atoms. The first kappa shape index (κ1) is 14.0. The van der Waals surface area contributed by atoms with Gasteiger partial charge in [0.05, 0.1) is 10.7 Å². The maximum absolute atomic E-state index is 11.6. The molecule has 0 saturated carbocycles. The van der Waals surface area contributed by atoms with Crippen LogP contribution in [0, 0.1) is 5.92 Å². The molecule has 1 unspecified atom stereocenters. The molecule has 2 aromatic carbocycles. The van der Waals surface area contributed by atoms with Crippen LogP contribution in [0.25, 0.3) is 0 Å². The number of hydrogen-bond acceptors (Lipinski definition) is 2. The number of carbonyl (C=O) groups is 1. The molecular formula is C17H16ClNO2. The number of fused-ring (bicyclic) bond motifs is 1. The van der Waals surface area contributed by atoms with E-state index in [1.807, 2.05) is 24.3 Å². The zero-order valence-electron chi connectivity index (χ0n) is 11.7. The van der Waals surface area contributed by atoms with Crippen LogP contribution in [0.5, 0.6) is 0 Å². The molecule has 2 aromatic rings. The first-order valence-electron chi connectivity index (χ1n) is 6.95. The Balaban J connectivity index is 2.18. The van der Waals surface area contributed by atoms with E-state index in [1.165, 1.54) is 5.56 Å². The van der Waals surface area contributed by atoms with E-state index in [-0.39, 0.29) is 10.6 Å². The number of aromatic carboxylic acids is 1. The number of rotatable bonds is 2. The van der Waals surface area contributed by atoms with Gasteiger partial charge in [-0.25, -0.2) is 4.79 Å². The van der Waals surface area contributed by atoms with Crippen LogP contribution < -0.4 is 4.90 Å². The third-order valence-corrected chi connectivity index (χ3v) is 4.16. The Hall–Kier alpha value is -2.00. The summed E-state index contributed by atoms with van der Waals surface area (Å²) in [6, 6.07) is 13.4. The number of carboxylic acid groups (broad SMARTS) is 1. The van der Waals surface area contributed by atoms with Crippen LogP contribution in [0.2, 0.25) is 5.02 Å². The molecular weight excluding hydrogens is 286 g/mol. The summed E-state index contributed by atoms with van der Waals surface area (Å²) in [5, 5.41) is 9.75. The summed E-state index contributed by atoms with van der Waals surface area (Å²) >= 11 is 6.10. The van der Waals surface area contributed by atoms with Crippen molar-refractivity contribution in [2.24, 2.45) is 5.92 Å². The van der Waals surface area contributed by atoms with Crippen molar-refractivity contribution in [3.05, 3.63) is 58.6 Å². The Morgan fingerprint density at radius 2 is 1.90 bits per heavy atom. The SMILES string of the molecule is CC1Cc2ccccc2N(c2cccc(Cl)c2C(=O)O)C1. The van der Waals surface area contributed by atoms with Gasteiger partial charge in [0.15, 0.2) is 0 Å². The quantitative estimate of drug-likeness (QED) is 0.895. The van der Waals surface area contributed by atoms with E-state index in [9.17, 15) is 9.90 Å². The van der Waals surface area contributed by atoms with Gasteiger partial charge in [0.2, 0.25) is 0 Å². The van der Waals surface area contributed by atoms with Gasteiger partial charge in [-0.15, -0.1) is 0 Å². The van der Waals surface area contributed by atoms with Gasteiger partial charge in [-0.1, -0.05) is 42.8 Å². The molecule has 0 aromatic heterocycles. The number of nitrogens with zero attached hydrogens (tertiary/aromatic N) is 1. The third-order valence-electron chi connectivity index (χ3n) is 3.84. The smallest absolute Gasteiger partial charge is 0.339 e. The molecule has 0 spiro atoms. The van der Waals surface area contributed by atoms with E-state index in [0.29, 0.717) is 11.6 Å². The highest BCUT2D eigenvalue weighted by molar-refractivity contribution is 6.34. The second kappa shape index (κ2) is 5.41. The van der Waals surface area contributed by atoms with Gasteiger partial charge in [-0.2, -0.15) is 0 Å². The largest absolute Gasteiger partial charge is 0.478 e. The van der Waals surface area contributed by atoms with Crippen molar-refractivity contribution in [1.82, 2.24) is 0 Å². The number of carboxylic acids is 1. The van der Waals surface area contributed by atoms with Crippen molar-refractivity contribution in [2.75, 3.05) is 11.4 Å². The zero-order chi connectivity index (χ0) is 15.0. The summed E-state index contributed by atoms with van der Waals surface area (Å²) < 4.78 is 0. The molecule has 1 aliphatic heterocycles. The Labute approximate surface area is 128 Å². The normalized spacial score (nSPS) is 17.4. The fourth-order valence-corrected chi connectivity index (χ4v) is 3.22. The zero-order valence-corrected chi connectivity index (χ0v) is 12.5. The fraction of sp³-hybridized carbons (Fsp3) is 0.235. The average molecular weight is 302 g/mol. The topological polar surface area (TPSA) is 40.5 Å². The van der Waals surface area contributed by atoms with Crippen LogP contribution in [0.3, 0.4) is 0 Å². The predicted octanol–water partition coefficient (Wildman–Crippen LogP) is 4.37. The van der Waals surface area contributed by atoms with E-state index in [0.717, 1.165) is 18.7 Å². The van der Waals surface area contributed by atoms with Crippen LogP contribution in [-0.2, 0) is 6.42 Å². The van der Waals surface area contributed by atoms with Crippen molar-refractivity contribution in [1.29, 1.82) is 0 Å². The average Bonchev–Trinajstić information content (AvgIpc) is 2.45. The molecule has 21 heavy (non-hydrogen) atoms. The summed E-state index contributed by atoms with van der Waals surface area (Å²) in [7, 11) is 0. The monoisotopic (exact) mass is 301 g/mol. The summed E-state index contributed by atoms with van der Waals surface area (Å²) in [6.45, 7) is 2.96. The second-order valence-electron chi connectivity index (χ2n) is 5.49. The van der Waals surface area contributed by atoms with Gasteiger partial charge in [-0.3, -0.25) is 0 Å². The Morgan fingerprint density at radius 1 is 1.19 bits per heavy atom. The van der Waals surface area contributed by atoms with Gasteiger partial charge < -0.3 is 10.0 Å². The Kier molecular flexibility index (Phi) is 3.60. The Morgan fingerprint density at radius 3 is 2.67 bits per heavy atom. The molecule has 0 amide bonds. The van der Waals surface area contributed by atoms with Crippen LogP contribution in [0.1, 0.15) is 22.8 Å². The number of anilines is 2. The van der Waals surface area contributed by atoms with Crippen LogP contribution in [-0.4, -0.2) is 17.6 Å². The highest BCUT2D eigenvalue weighted by Crippen LogP contribution is 2.38. The summed E-state index contributed by atoms with van der Waals surface area (Å²) in [5.41, 5.74) is 3.14. The maximum Gasteiger partial charge on any atom is 0.339 e. The molecule has 1 aliphatic rings. The van der Waals surface area contributed by atoms with Gasteiger partial charge >= 0.3 is 5.97 Å². The summed E-state index contributed by atoms with van der Waals surface area (Å²) in [6.07, 6.45) is 1.01. The molecule has 0 radical (unpaired) electrons. The first-order valence-corrected chi connectivity index (χ1v) is 7.33. The minimum Gasteiger partial charge on any atom is -0.478 e. The summed E-state index contributed by atoms with van der Waals surface area (Å²) in [4.78, 5) is 13.6. The number of benzene rings is 2. The standard InChI is InChI=1S/C17H16ClNO2/c1-11-9-12-5-2-3-7-14(12)19(10-11)15-8-4-6-13(18)16(15)17(20)21/h2-8,11H,9-10H2,1H3,(H,20,21). The molecule has 0 saturated heterocycles. The first-order chi connectivity index (χ1) is 10.1. The highest BCUT2D eigenvalue weighted by Gasteiger charge is 2.26. The number of hydrogen-bond donors (Lipinski definition) is 1. The van der Waals surface area contributed by atoms with Gasteiger partial charge in [0.25, 0.3) is 0 Å². The van der Waals surface area contributed by atoms with E-state index >= 15 is 0 Å². The molecule has 1 heterocycles. The van der Waals surface area contributed by atoms with Crippen molar-refractivity contribution >= 4 is 28.9 Å². The molecule has 108 valence electrons. The lowest BCUT2D eigenvalue weighted by atomic mass is 9.93. The molecule has 4 heteroatoms. The van der Waals surface area contributed by atoms with Gasteiger partial charge in [0, 0.05) is 12.2 Å². The third kappa shape index (κ3) is 2.49. The predicted molar refractivity (Wildman–Crippen MR) is 84.7 cm³/mol. The molecule has 3 nitrogen and oxygen atoms in total. The molecule has 1 atom stereocenters. The maximum atomic E-state index is 11.6. The van der Waals surface area contributed by atoms with Crippen molar-refractivity contribution in [2.45, 2.75) is 13.3 Å². The molecule has 3 rings (SSSR count). The van der Waals surface area contributed by atoms with Crippen LogP contribution in [0.15, 0.2) is 42.5 Å². The number of halogens is 1. The fourth-order valence-electron chi connectivity index (χ4n) is 2.97. The minimum absolute atomic E-state index is 0.170. The van der Waals surface area contributed by atoms with Crippen molar-refractivity contribution in [3.63, 3.8) is 0 Å². The highest BCUT2D eigenvalue weighted by atomic mass is 35.5. The van der Waals surface area contributed by atoms with Gasteiger partial charge in [-0.05, 0) is 36.1 Å². The summed E-state index contributed by atoms with van der Waals surface area (Å²) in [5.74, 6) is -0.535. The van der Waals surface area contributed by atoms with Crippen LogP contribution >= 0.6 is 11.6 Å². The van der Waals surface area contributed by atoms with Crippen molar-refractivity contribution < 1.29 is 9.90 Å². The molecule has 0 fully saturated rings. The number of para-hydroxylation sites is 1. The molecule has 0 aliphatic carbocycles. The van der Waals surface area contributed by atoms with E-state index < -0.39 is 5.97 Å². The molecule has 1 N–H and O–H groups in total. The lowest BCUT2D eigenvalue weighted by Gasteiger charge is -2.35. The van der Waals surface area contributed by atoms with Crippen LogP contribution in [0.4, 0.5) is 11.4 Å². The lowest BCUT2D eigenvalue weighted by molar-refractivity contribution is 0.0698. The van der Waals surface area contributed by atoms with E-state index in [1.54, 1.807) is 12.1 Å². The Bertz CT molecular complexity index is 699.